The fourth-order valence-corrected chi connectivity index (χ4v) is 2.37. The van der Waals surface area contributed by atoms with Crippen molar-refractivity contribution < 1.29 is 26.1 Å². The van der Waals surface area contributed by atoms with Gasteiger partial charge >= 0.3 is 7.54 Å². The molecule has 1 aliphatic heterocycles. The molecule has 0 aromatic rings. The predicted molar refractivity (Wildman–Crippen MR) is 75.7 cm³/mol. The zero-order chi connectivity index (χ0) is 15.6. The lowest BCUT2D eigenvalue weighted by atomic mass is 10.3. The average Bonchev–Trinajstić information content (AvgIpc) is 2.81. The fraction of sp³-hybridized carbons (Fsp3) is 0.818. The van der Waals surface area contributed by atoms with Crippen molar-refractivity contribution in [3.8, 4) is 0 Å². The van der Waals surface area contributed by atoms with Crippen molar-refractivity contribution in [1.29, 1.82) is 0 Å². The molecule has 4 nitrogen and oxygen atoms in total. The van der Waals surface area contributed by atoms with E-state index in [1.54, 1.807) is 6.92 Å². The molecule has 1 aliphatic rings. The molecule has 0 fully saturated rings. The summed E-state index contributed by atoms with van der Waals surface area (Å²) in [4.78, 5) is 4.28. The van der Waals surface area contributed by atoms with Gasteiger partial charge in [0, 0.05) is 31.2 Å². The first-order chi connectivity index (χ1) is 9.30. The molecule has 0 aromatic heterocycles. The normalized spacial score (nSPS) is 13.6. The van der Waals surface area contributed by atoms with Crippen LogP contribution in [0.15, 0.2) is 12.4 Å². The zero-order valence-electron chi connectivity index (χ0n) is 12.3. The summed E-state index contributed by atoms with van der Waals surface area (Å²) in [7, 11) is -6.50. The Bertz CT molecular complexity index is 380. The third kappa shape index (κ3) is 12.5. The van der Waals surface area contributed by atoms with Crippen molar-refractivity contribution in [3.63, 3.8) is 0 Å². The summed E-state index contributed by atoms with van der Waals surface area (Å²) < 4.78 is 51.7. The second-order valence-corrected chi connectivity index (χ2v) is 6.87. The van der Waals surface area contributed by atoms with Crippen molar-refractivity contribution in [3.05, 3.63) is 12.4 Å². The quantitative estimate of drug-likeness (QED) is 0.450. The van der Waals surface area contributed by atoms with E-state index in [2.05, 4.69) is 16.7 Å². The molecule has 0 spiro atoms. The van der Waals surface area contributed by atoms with Gasteiger partial charge in [0.15, 0.2) is 9.84 Å². The second-order valence-electron chi connectivity index (χ2n) is 4.40. The van der Waals surface area contributed by atoms with Crippen LogP contribution in [0.1, 0.15) is 26.7 Å². The van der Waals surface area contributed by atoms with Gasteiger partial charge < -0.3 is 14.5 Å². The van der Waals surface area contributed by atoms with Crippen molar-refractivity contribution >= 4 is 17.4 Å². The van der Waals surface area contributed by atoms with Gasteiger partial charge in [-0.3, -0.25) is 12.9 Å². The van der Waals surface area contributed by atoms with E-state index < -0.39 is 17.4 Å². The molecule has 0 radical (unpaired) electrons. The van der Waals surface area contributed by atoms with Gasteiger partial charge in [-0.15, -0.1) is 0 Å². The summed E-state index contributed by atoms with van der Waals surface area (Å²) in [5.74, 6) is 0.500. The molecule has 0 saturated carbocycles. The molecule has 0 bridgehead atoms. The van der Waals surface area contributed by atoms with Crippen LogP contribution in [0.5, 0.6) is 0 Å². The highest BCUT2D eigenvalue weighted by Crippen LogP contribution is 2.08. The van der Waals surface area contributed by atoms with Crippen LogP contribution in [0.4, 0.5) is 12.9 Å². The molecule has 0 atom stereocenters. The van der Waals surface area contributed by atoms with Gasteiger partial charge in [0.05, 0.1) is 12.4 Å². The lowest BCUT2D eigenvalue weighted by molar-refractivity contribution is -0.00000952. The maximum Gasteiger partial charge on any atom is 0.762 e. The van der Waals surface area contributed by atoms with E-state index in [0.29, 0.717) is 6.54 Å². The summed E-state index contributed by atoms with van der Waals surface area (Å²) in [6, 6.07) is 0. The molecule has 1 heterocycles. The highest BCUT2D eigenvalue weighted by Gasteiger charge is 2.14. The van der Waals surface area contributed by atoms with Gasteiger partial charge in [-0.2, -0.15) is 0 Å². The van der Waals surface area contributed by atoms with E-state index in [-0.39, 0.29) is 16.2 Å². The number of rotatable bonds is 7. The minimum absolute atomic E-state index is 0. The van der Waals surface area contributed by atoms with Crippen LogP contribution in [-0.4, -0.2) is 57.0 Å². The molecule has 0 unspecified atom stereocenters. The lowest BCUT2D eigenvalue weighted by Gasteiger charge is -2.20. The van der Waals surface area contributed by atoms with E-state index in [1.807, 2.05) is 12.4 Å². The molecule has 10 heteroatoms. The zero-order valence-corrected chi connectivity index (χ0v) is 13.1. The number of hydrogen-bond donors (Lipinski definition) is 0. The van der Waals surface area contributed by atoms with Crippen molar-refractivity contribution in [2.75, 3.05) is 31.3 Å². The van der Waals surface area contributed by atoms with Crippen LogP contribution in [0.25, 0.3) is 0 Å². The Hall–Kier alpha value is -0.925. The van der Waals surface area contributed by atoms with Gasteiger partial charge in [-0.05, 0) is 6.42 Å². The Morgan fingerprint density at radius 3 is 2.00 bits per heavy atom. The molecule has 0 amide bonds. The lowest BCUT2D eigenvalue weighted by Crippen LogP contribution is -3.00. The first-order valence-corrected chi connectivity index (χ1v) is 8.42. The largest absolute Gasteiger partial charge is 1.00 e. The maximum atomic E-state index is 11.3. The standard InChI is InChI=1S/C11H22N2O2S.BF3.FH/c1-3-5-6-12-7-8-13(11-12)9-10-16(14,15)4-2;2-1(3)4;/h7-8H,3-6,9-11H2,1-2H3;;1H/p-1. The number of hydrogen-bond acceptors (Lipinski definition) is 4. The van der Waals surface area contributed by atoms with Crippen molar-refractivity contribution in [1.82, 2.24) is 9.80 Å². The number of unbranched alkanes of at least 4 members (excludes halogenated alkanes) is 1. The van der Waals surface area contributed by atoms with Gasteiger partial charge in [-0.25, -0.2) is 8.42 Å². The number of sulfone groups is 1. The number of halogens is 4. The van der Waals surface area contributed by atoms with E-state index in [1.165, 1.54) is 12.8 Å². The third-order valence-electron chi connectivity index (χ3n) is 2.78. The summed E-state index contributed by atoms with van der Waals surface area (Å²) in [5.41, 5.74) is 0. The average molecular weight is 333 g/mol. The van der Waals surface area contributed by atoms with Gasteiger partial charge in [-0.1, -0.05) is 20.3 Å². The Morgan fingerprint density at radius 2 is 1.57 bits per heavy atom. The molecular weight excluding hydrogens is 311 g/mol. The summed E-state index contributed by atoms with van der Waals surface area (Å²) in [6.07, 6.45) is 6.41. The summed E-state index contributed by atoms with van der Waals surface area (Å²) in [6.45, 7) is 6.37. The van der Waals surface area contributed by atoms with Gasteiger partial charge in [0.2, 0.25) is 0 Å². The second kappa shape index (κ2) is 11.7. The monoisotopic (exact) mass is 333 g/mol. The van der Waals surface area contributed by atoms with Crippen LogP contribution in [0.2, 0.25) is 0 Å². The van der Waals surface area contributed by atoms with Crippen LogP contribution < -0.4 is 4.70 Å². The smallest absolute Gasteiger partial charge is 0.762 e. The van der Waals surface area contributed by atoms with Crippen molar-refractivity contribution in [2.24, 2.45) is 0 Å². The van der Waals surface area contributed by atoms with E-state index >= 15 is 0 Å². The van der Waals surface area contributed by atoms with Gasteiger partial charge in [0.1, 0.15) is 0 Å². The van der Waals surface area contributed by atoms with Crippen LogP contribution in [0, 0.1) is 0 Å². The Kier molecular flexibility index (Phi) is 12.5. The van der Waals surface area contributed by atoms with Crippen LogP contribution >= 0.6 is 0 Å². The molecular formula is C11H22BF4N2O2S-. The predicted octanol–water partition coefficient (Wildman–Crippen LogP) is -0.849. The minimum atomic E-state index is -3.67. The Balaban J connectivity index is 0. The van der Waals surface area contributed by atoms with Crippen molar-refractivity contribution in [2.45, 2.75) is 26.7 Å². The van der Waals surface area contributed by atoms with E-state index in [4.69, 9.17) is 0 Å². The Labute approximate surface area is 124 Å². The third-order valence-corrected chi connectivity index (χ3v) is 4.46. The molecule has 126 valence electrons. The number of nitrogens with zero attached hydrogens (tertiary/aromatic N) is 2. The maximum absolute atomic E-state index is 11.3. The minimum Gasteiger partial charge on any atom is -1.00 e. The highest BCUT2D eigenvalue weighted by molar-refractivity contribution is 7.91. The first kappa shape index (κ1) is 22.4. The first-order valence-electron chi connectivity index (χ1n) is 6.59. The molecule has 0 aliphatic carbocycles. The molecule has 0 N–H and O–H groups in total. The molecule has 0 aromatic carbocycles. The summed E-state index contributed by atoms with van der Waals surface area (Å²) >= 11 is 0. The molecule has 1 rings (SSSR count). The van der Waals surface area contributed by atoms with Gasteiger partial charge in [0.25, 0.3) is 0 Å². The van der Waals surface area contributed by atoms with Crippen LogP contribution in [0.3, 0.4) is 0 Å². The molecule has 0 saturated heterocycles. The topological polar surface area (TPSA) is 40.6 Å². The van der Waals surface area contributed by atoms with E-state index in [9.17, 15) is 21.4 Å². The fourth-order valence-electron chi connectivity index (χ4n) is 1.57. The SMILES string of the molecule is CCCCN1C=CN(CCS(=O)(=O)CC)C1.FB(F)F.[F-]. The highest BCUT2D eigenvalue weighted by atomic mass is 32.2. The van der Waals surface area contributed by atoms with E-state index in [0.717, 1.165) is 13.2 Å². The molecule has 21 heavy (non-hydrogen) atoms. The van der Waals surface area contributed by atoms with Crippen LogP contribution in [-0.2, 0) is 9.84 Å². The Morgan fingerprint density at radius 1 is 1.10 bits per heavy atom. The summed E-state index contributed by atoms with van der Waals surface area (Å²) in [5, 5.41) is 0.